The van der Waals surface area contributed by atoms with Crippen molar-refractivity contribution in [3.63, 3.8) is 0 Å². The van der Waals surface area contributed by atoms with Crippen molar-refractivity contribution in [2.24, 2.45) is 11.8 Å². The molecule has 7 heteroatoms. The third-order valence-corrected chi connectivity index (χ3v) is 8.06. The number of thioether (sulfide) groups is 1. The summed E-state index contributed by atoms with van der Waals surface area (Å²) < 4.78 is 10.6. The zero-order valence-electron chi connectivity index (χ0n) is 18.5. The lowest BCUT2D eigenvalue weighted by Crippen LogP contribution is -2.60. The maximum atomic E-state index is 11.6. The maximum Gasteiger partial charge on any atom is 0.330 e. The van der Waals surface area contributed by atoms with Crippen LogP contribution in [0.2, 0.25) is 0 Å². The molecular formula is C25H32N2O4S. The van der Waals surface area contributed by atoms with E-state index in [4.69, 9.17) is 9.47 Å². The number of aliphatic hydroxyl groups excluding tert-OH is 1. The molecule has 4 heterocycles. The summed E-state index contributed by atoms with van der Waals surface area (Å²) in [6, 6.07) is 5.99. The highest BCUT2D eigenvalue weighted by molar-refractivity contribution is 7.99. The zero-order chi connectivity index (χ0) is 22.7. The number of fused-ring (bicyclic) bond motifs is 4. The van der Waals surface area contributed by atoms with Crippen molar-refractivity contribution in [2.45, 2.75) is 30.4 Å². The first kappa shape index (κ1) is 23.0. The van der Waals surface area contributed by atoms with Crippen LogP contribution in [0.1, 0.15) is 18.4 Å². The molecule has 1 aromatic carbocycles. The fraction of sp³-hybridized carbons (Fsp3) is 0.480. The molecule has 0 saturated carbocycles. The summed E-state index contributed by atoms with van der Waals surface area (Å²) in [4.78, 5) is 13.8. The average Bonchev–Trinajstić information content (AvgIpc) is 2.85. The quantitative estimate of drug-likeness (QED) is 0.255. The molecule has 172 valence electrons. The number of hydrogen-bond donors (Lipinski definition) is 2. The SMILES string of the molecule is C=CC(=O)OCCSC1C[C@@H]2C[C@H]([C@@H](O)C3=CCNc4ccc(OC)cc43)N1C[C@@H]2C=C. The number of ether oxygens (including phenoxy) is 2. The Balaban J connectivity index is 1.50. The van der Waals surface area contributed by atoms with Crippen LogP contribution in [0.4, 0.5) is 5.69 Å². The van der Waals surface area contributed by atoms with E-state index in [9.17, 15) is 9.90 Å². The first-order chi connectivity index (χ1) is 15.5. The summed E-state index contributed by atoms with van der Waals surface area (Å²) in [5.41, 5.74) is 3.00. The number of hydrogen-bond acceptors (Lipinski definition) is 7. The van der Waals surface area contributed by atoms with E-state index in [2.05, 4.69) is 35.5 Å². The van der Waals surface area contributed by atoms with Crippen LogP contribution in [0, 0.1) is 11.8 Å². The number of benzene rings is 1. The number of esters is 1. The summed E-state index contributed by atoms with van der Waals surface area (Å²) in [6.45, 7) is 9.44. The van der Waals surface area contributed by atoms with Gasteiger partial charge in [-0.3, -0.25) is 4.90 Å². The molecule has 2 N–H and O–H groups in total. The van der Waals surface area contributed by atoms with E-state index in [1.54, 1.807) is 18.9 Å². The maximum absolute atomic E-state index is 11.6. The van der Waals surface area contributed by atoms with Gasteiger partial charge in [-0.15, -0.1) is 18.3 Å². The minimum Gasteiger partial charge on any atom is -0.497 e. The van der Waals surface area contributed by atoms with Gasteiger partial charge in [0.15, 0.2) is 0 Å². The Morgan fingerprint density at radius 2 is 2.25 bits per heavy atom. The Labute approximate surface area is 194 Å². The monoisotopic (exact) mass is 456 g/mol. The summed E-state index contributed by atoms with van der Waals surface area (Å²) in [5, 5.41) is 15.3. The Bertz CT molecular complexity index is 902. The van der Waals surface area contributed by atoms with Gasteiger partial charge < -0.3 is 19.9 Å². The van der Waals surface area contributed by atoms with Gasteiger partial charge in [-0.1, -0.05) is 18.7 Å². The number of carbonyl (C=O) groups is 1. The molecule has 0 aromatic heterocycles. The van der Waals surface area contributed by atoms with Gasteiger partial charge in [0.1, 0.15) is 12.4 Å². The van der Waals surface area contributed by atoms with Gasteiger partial charge in [-0.25, -0.2) is 4.79 Å². The molecule has 6 atom stereocenters. The molecule has 0 amide bonds. The van der Waals surface area contributed by atoms with Crippen LogP contribution in [-0.4, -0.2) is 66.1 Å². The number of carbonyl (C=O) groups excluding carboxylic acids is 1. The second-order valence-corrected chi connectivity index (χ2v) is 9.77. The van der Waals surface area contributed by atoms with E-state index in [-0.39, 0.29) is 12.0 Å². The van der Waals surface area contributed by atoms with E-state index < -0.39 is 6.10 Å². The van der Waals surface area contributed by atoms with Crippen molar-refractivity contribution >= 4 is 29.0 Å². The van der Waals surface area contributed by atoms with Crippen molar-refractivity contribution in [1.82, 2.24) is 4.90 Å². The van der Waals surface area contributed by atoms with E-state index in [1.165, 1.54) is 6.08 Å². The van der Waals surface area contributed by atoms with Gasteiger partial charge in [-0.05, 0) is 48.4 Å². The fourth-order valence-electron chi connectivity index (χ4n) is 5.18. The van der Waals surface area contributed by atoms with Gasteiger partial charge in [0.25, 0.3) is 0 Å². The average molecular weight is 457 g/mol. The van der Waals surface area contributed by atoms with E-state index in [0.29, 0.717) is 30.4 Å². The minimum atomic E-state index is -0.585. The van der Waals surface area contributed by atoms with Crippen LogP contribution < -0.4 is 10.1 Å². The Hall–Kier alpha value is -2.22. The molecule has 0 spiro atoms. The van der Waals surface area contributed by atoms with E-state index in [1.807, 2.05) is 18.2 Å². The highest BCUT2D eigenvalue weighted by Gasteiger charge is 2.47. The molecule has 2 bridgehead atoms. The third-order valence-electron chi connectivity index (χ3n) is 6.81. The summed E-state index contributed by atoms with van der Waals surface area (Å²) in [7, 11) is 1.66. The molecule has 3 saturated heterocycles. The lowest BCUT2D eigenvalue weighted by molar-refractivity contribution is -0.137. The number of methoxy groups -OCH3 is 1. The van der Waals surface area contributed by atoms with Crippen LogP contribution in [0.3, 0.4) is 0 Å². The molecule has 5 rings (SSSR count). The van der Waals surface area contributed by atoms with Gasteiger partial charge in [0.2, 0.25) is 0 Å². The molecule has 4 aliphatic rings. The molecule has 0 aliphatic carbocycles. The predicted octanol–water partition coefficient (Wildman–Crippen LogP) is 3.55. The van der Waals surface area contributed by atoms with Crippen LogP contribution in [-0.2, 0) is 9.53 Å². The Kier molecular flexibility index (Phi) is 7.28. The fourth-order valence-corrected chi connectivity index (χ4v) is 6.45. The topological polar surface area (TPSA) is 71.0 Å². The van der Waals surface area contributed by atoms with Crippen LogP contribution in [0.5, 0.6) is 5.75 Å². The second-order valence-electron chi connectivity index (χ2n) is 8.49. The van der Waals surface area contributed by atoms with E-state index in [0.717, 1.165) is 47.7 Å². The van der Waals surface area contributed by atoms with Gasteiger partial charge >= 0.3 is 5.97 Å². The zero-order valence-corrected chi connectivity index (χ0v) is 19.4. The normalized spacial score (nSPS) is 29.2. The number of aliphatic hydroxyl groups is 1. The molecular weight excluding hydrogens is 424 g/mol. The Morgan fingerprint density at radius 3 is 2.97 bits per heavy atom. The number of rotatable bonds is 9. The van der Waals surface area contributed by atoms with Gasteiger partial charge in [0.05, 0.1) is 18.6 Å². The summed E-state index contributed by atoms with van der Waals surface area (Å²) in [6.07, 6.45) is 6.78. The molecule has 4 aliphatic heterocycles. The van der Waals surface area contributed by atoms with Gasteiger partial charge in [0, 0.05) is 42.2 Å². The van der Waals surface area contributed by atoms with E-state index >= 15 is 0 Å². The molecule has 0 radical (unpaired) electrons. The van der Waals surface area contributed by atoms with Crippen molar-refractivity contribution in [1.29, 1.82) is 0 Å². The van der Waals surface area contributed by atoms with Crippen LogP contribution in [0.25, 0.3) is 5.57 Å². The van der Waals surface area contributed by atoms with Crippen molar-refractivity contribution in [2.75, 3.05) is 37.9 Å². The lowest BCUT2D eigenvalue weighted by Gasteiger charge is -2.55. The first-order valence-electron chi connectivity index (χ1n) is 11.1. The number of nitrogens with one attached hydrogen (secondary N) is 1. The van der Waals surface area contributed by atoms with Crippen molar-refractivity contribution in [3.05, 3.63) is 55.1 Å². The number of nitrogens with zero attached hydrogens (tertiary/aromatic N) is 1. The molecule has 6 nitrogen and oxygen atoms in total. The Morgan fingerprint density at radius 1 is 1.41 bits per heavy atom. The highest BCUT2D eigenvalue weighted by atomic mass is 32.2. The number of anilines is 1. The van der Waals surface area contributed by atoms with Crippen molar-refractivity contribution < 1.29 is 19.4 Å². The van der Waals surface area contributed by atoms with Gasteiger partial charge in [-0.2, -0.15) is 0 Å². The molecule has 2 unspecified atom stereocenters. The first-order valence-corrected chi connectivity index (χ1v) is 12.2. The highest BCUT2D eigenvalue weighted by Crippen LogP contribution is 2.47. The second kappa shape index (κ2) is 10.1. The largest absolute Gasteiger partial charge is 0.497 e. The summed E-state index contributed by atoms with van der Waals surface area (Å²) in [5.74, 6) is 2.07. The molecule has 32 heavy (non-hydrogen) atoms. The molecule has 1 aromatic rings. The van der Waals surface area contributed by atoms with Crippen LogP contribution in [0.15, 0.2) is 49.6 Å². The lowest BCUT2D eigenvalue weighted by atomic mass is 9.73. The molecule has 3 fully saturated rings. The predicted molar refractivity (Wildman–Crippen MR) is 130 cm³/mol. The minimum absolute atomic E-state index is 0.0431. The standard InChI is InChI=1S/C25H32N2O4S/c1-4-16-15-27-22(12-17(16)13-23(27)32-11-10-31-24(28)5-2)25(29)19-8-9-26-21-7-6-18(30-3)14-20(19)21/h4-8,14,16-17,22-23,25-26,29H,1-2,9-13,15H2,3H3/t16-,17-,22+,23?,25-/m0/s1. The third kappa shape index (κ3) is 4.60. The number of piperidine rings is 3. The summed E-state index contributed by atoms with van der Waals surface area (Å²) >= 11 is 1.80. The van der Waals surface area contributed by atoms with Crippen LogP contribution >= 0.6 is 11.8 Å². The smallest absolute Gasteiger partial charge is 0.330 e. The van der Waals surface area contributed by atoms with Crippen molar-refractivity contribution in [3.8, 4) is 5.75 Å².